The third-order valence-electron chi connectivity index (χ3n) is 4.07. The Bertz CT molecular complexity index is 469. The van der Waals surface area contributed by atoms with Crippen molar-refractivity contribution in [3.8, 4) is 0 Å². The average molecular weight is 339 g/mol. The molecule has 1 aromatic rings. The number of nitrogens with one attached hydrogen (secondary N) is 2. The summed E-state index contributed by atoms with van der Waals surface area (Å²) in [5, 5.41) is 6.59. The molecule has 1 unspecified atom stereocenters. The van der Waals surface area contributed by atoms with Gasteiger partial charge in [0, 0.05) is 4.47 Å². The second-order valence-electron chi connectivity index (χ2n) is 5.58. The first-order valence-corrected chi connectivity index (χ1v) is 8.19. The number of carbonyl (C=O) groups excluding carboxylic acids is 1. The molecule has 20 heavy (non-hydrogen) atoms. The largest absolute Gasteiger partial charge is 0.348 e. The molecule has 1 aromatic carbocycles. The third-order valence-corrected chi connectivity index (χ3v) is 4.80. The van der Waals surface area contributed by atoms with Gasteiger partial charge in [0.25, 0.3) is 0 Å². The van der Waals surface area contributed by atoms with Crippen LogP contribution in [0.3, 0.4) is 0 Å². The van der Waals surface area contributed by atoms with Crippen LogP contribution in [0.4, 0.5) is 0 Å². The highest BCUT2D eigenvalue weighted by molar-refractivity contribution is 9.10. The van der Waals surface area contributed by atoms with E-state index in [0.717, 1.165) is 42.3 Å². The van der Waals surface area contributed by atoms with Crippen molar-refractivity contribution in [3.05, 3.63) is 34.3 Å². The molecule has 1 saturated heterocycles. The molecule has 1 amide bonds. The molecule has 0 aliphatic carbocycles. The van der Waals surface area contributed by atoms with Crippen LogP contribution in [0.15, 0.2) is 28.7 Å². The maximum Gasteiger partial charge on any atom is 0.240 e. The summed E-state index contributed by atoms with van der Waals surface area (Å²) in [5.74, 6) is 0.139. The van der Waals surface area contributed by atoms with Gasteiger partial charge in [0.2, 0.25) is 5.91 Å². The number of hydrogen-bond acceptors (Lipinski definition) is 2. The van der Waals surface area contributed by atoms with Crippen molar-refractivity contribution in [1.82, 2.24) is 10.6 Å². The lowest BCUT2D eigenvalue weighted by Gasteiger charge is -2.30. The van der Waals surface area contributed by atoms with E-state index in [2.05, 4.69) is 33.5 Å². The van der Waals surface area contributed by atoms with E-state index in [1.807, 2.05) is 31.2 Å². The van der Waals surface area contributed by atoms with Crippen molar-refractivity contribution in [2.75, 3.05) is 6.54 Å². The second kappa shape index (κ2) is 6.72. The minimum atomic E-state index is -0.357. The number of rotatable bonds is 5. The fraction of sp³-hybridized carbons (Fsp3) is 0.562. The van der Waals surface area contributed by atoms with Crippen LogP contribution in [0.1, 0.15) is 51.1 Å². The van der Waals surface area contributed by atoms with Crippen molar-refractivity contribution in [1.29, 1.82) is 0 Å². The fourth-order valence-electron chi connectivity index (χ4n) is 2.99. The zero-order valence-corrected chi connectivity index (χ0v) is 13.8. The van der Waals surface area contributed by atoms with Gasteiger partial charge in [0.1, 0.15) is 0 Å². The van der Waals surface area contributed by atoms with Gasteiger partial charge in [-0.1, -0.05) is 47.5 Å². The number of carbonyl (C=O) groups is 1. The topological polar surface area (TPSA) is 41.1 Å². The smallest absolute Gasteiger partial charge is 0.240 e. The summed E-state index contributed by atoms with van der Waals surface area (Å²) in [5.41, 5.74) is 0.759. The number of halogens is 1. The van der Waals surface area contributed by atoms with Crippen molar-refractivity contribution >= 4 is 21.8 Å². The van der Waals surface area contributed by atoms with Gasteiger partial charge < -0.3 is 10.6 Å². The van der Waals surface area contributed by atoms with Crippen molar-refractivity contribution in [2.45, 2.75) is 51.1 Å². The molecule has 4 heteroatoms. The van der Waals surface area contributed by atoms with Crippen LogP contribution in [0.5, 0.6) is 0 Å². The summed E-state index contributed by atoms with van der Waals surface area (Å²) >= 11 is 3.55. The molecule has 0 radical (unpaired) electrons. The monoisotopic (exact) mass is 338 g/mol. The highest BCUT2D eigenvalue weighted by Crippen LogP contribution is 2.28. The Morgan fingerprint density at radius 2 is 2.25 bits per heavy atom. The molecule has 0 spiro atoms. The molecule has 0 saturated carbocycles. The normalized spacial score (nSPS) is 23.6. The minimum Gasteiger partial charge on any atom is -0.348 e. The van der Waals surface area contributed by atoms with Crippen LogP contribution in [-0.4, -0.2) is 18.0 Å². The first-order valence-electron chi connectivity index (χ1n) is 7.39. The van der Waals surface area contributed by atoms with Crippen LogP contribution in [-0.2, 0) is 4.79 Å². The Labute approximate surface area is 129 Å². The molecule has 1 heterocycles. The van der Waals surface area contributed by atoms with Crippen LogP contribution in [0.25, 0.3) is 0 Å². The van der Waals surface area contributed by atoms with Crippen LogP contribution in [0, 0.1) is 0 Å². The van der Waals surface area contributed by atoms with Crippen LogP contribution >= 0.6 is 15.9 Å². The maximum absolute atomic E-state index is 12.7. The van der Waals surface area contributed by atoms with E-state index in [1.54, 1.807) is 0 Å². The molecule has 0 bridgehead atoms. The van der Waals surface area contributed by atoms with Crippen molar-refractivity contribution in [3.63, 3.8) is 0 Å². The first-order chi connectivity index (χ1) is 9.59. The number of benzene rings is 1. The predicted octanol–water partition coefficient (Wildman–Crippen LogP) is 3.55. The molecule has 1 fully saturated rings. The van der Waals surface area contributed by atoms with E-state index in [-0.39, 0.29) is 17.5 Å². The van der Waals surface area contributed by atoms with E-state index in [9.17, 15) is 4.79 Å². The molecular formula is C16H23BrN2O. The Kier molecular flexibility index (Phi) is 5.22. The van der Waals surface area contributed by atoms with Crippen molar-refractivity contribution < 1.29 is 4.79 Å². The van der Waals surface area contributed by atoms with E-state index in [4.69, 9.17) is 0 Å². The summed E-state index contributed by atoms with van der Waals surface area (Å²) in [6.45, 7) is 5.11. The van der Waals surface area contributed by atoms with Gasteiger partial charge in [-0.05, 0) is 44.4 Å². The van der Waals surface area contributed by atoms with Gasteiger partial charge in [-0.2, -0.15) is 0 Å². The Morgan fingerprint density at radius 3 is 2.85 bits per heavy atom. The van der Waals surface area contributed by atoms with Gasteiger partial charge >= 0.3 is 0 Å². The van der Waals surface area contributed by atoms with Crippen LogP contribution < -0.4 is 10.6 Å². The van der Waals surface area contributed by atoms with E-state index >= 15 is 0 Å². The van der Waals surface area contributed by atoms with E-state index in [0.29, 0.717) is 0 Å². The third kappa shape index (κ3) is 3.23. The molecule has 2 N–H and O–H groups in total. The molecule has 3 nitrogen and oxygen atoms in total. The molecule has 1 aliphatic rings. The fourth-order valence-corrected chi connectivity index (χ4v) is 3.62. The summed E-state index contributed by atoms with van der Waals surface area (Å²) in [6, 6.07) is 8.05. The highest BCUT2D eigenvalue weighted by Gasteiger charge is 2.40. The molecule has 1 aliphatic heterocycles. The van der Waals surface area contributed by atoms with Gasteiger partial charge in [0.15, 0.2) is 0 Å². The molecular weight excluding hydrogens is 316 g/mol. The van der Waals surface area contributed by atoms with E-state index in [1.165, 1.54) is 0 Å². The van der Waals surface area contributed by atoms with Gasteiger partial charge in [-0.15, -0.1) is 0 Å². The zero-order chi connectivity index (χ0) is 14.6. The number of hydrogen-bond donors (Lipinski definition) is 2. The van der Waals surface area contributed by atoms with Gasteiger partial charge in [-0.3, -0.25) is 4.79 Å². The summed E-state index contributed by atoms with van der Waals surface area (Å²) in [4.78, 5) is 12.7. The summed E-state index contributed by atoms with van der Waals surface area (Å²) < 4.78 is 1.04. The quantitative estimate of drug-likeness (QED) is 0.861. The predicted molar refractivity (Wildman–Crippen MR) is 85.6 cm³/mol. The molecule has 2 rings (SSSR count). The average Bonchev–Trinajstić information content (AvgIpc) is 2.89. The Hall–Kier alpha value is -0.870. The number of amides is 1. The first kappa shape index (κ1) is 15.5. The second-order valence-corrected chi connectivity index (χ2v) is 6.43. The van der Waals surface area contributed by atoms with Crippen molar-refractivity contribution in [2.24, 2.45) is 0 Å². The lowest BCUT2D eigenvalue weighted by atomic mass is 9.90. The summed E-state index contributed by atoms with van der Waals surface area (Å²) in [7, 11) is 0. The Balaban J connectivity index is 2.08. The lowest BCUT2D eigenvalue weighted by molar-refractivity contribution is -0.128. The summed E-state index contributed by atoms with van der Waals surface area (Å²) in [6.07, 6.45) is 3.94. The molecule has 0 aromatic heterocycles. The SMILES string of the molecule is CCCC1(C(=O)N[C@@H](C)c2ccccc2Br)CCCN1. The van der Waals surface area contributed by atoms with E-state index < -0.39 is 0 Å². The minimum absolute atomic E-state index is 0.00852. The lowest BCUT2D eigenvalue weighted by Crippen LogP contribution is -2.53. The standard InChI is InChI=1S/C16H23BrN2O/c1-3-9-16(10-6-11-18-16)15(20)19-12(2)13-7-4-5-8-14(13)17/h4-5,7-8,12,18H,3,6,9-11H2,1-2H3,(H,19,20)/t12-,16?/m0/s1. The zero-order valence-electron chi connectivity index (χ0n) is 12.2. The maximum atomic E-state index is 12.7. The van der Waals surface area contributed by atoms with Crippen LogP contribution in [0.2, 0.25) is 0 Å². The molecule has 110 valence electrons. The Morgan fingerprint density at radius 1 is 1.50 bits per heavy atom. The molecule has 2 atom stereocenters. The van der Waals surface area contributed by atoms with Gasteiger partial charge in [-0.25, -0.2) is 0 Å². The highest BCUT2D eigenvalue weighted by atomic mass is 79.9. The van der Waals surface area contributed by atoms with Gasteiger partial charge in [0.05, 0.1) is 11.6 Å².